The van der Waals surface area contributed by atoms with Gasteiger partial charge < -0.3 is 20.5 Å². The first kappa shape index (κ1) is 19.4. The van der Waals surface area contributed by atoms with Crippen LogP contribution in [0.5, 0.6) is 5.88 Å². The second-order valence-electron chi connectivity index (χ2n) is 6.91. The predicted molar refractivity (Wildman–Crippen MR) is 107 cm³/mol. The highest BCUT2D eigenvalue weighted by Gasteiger charge is 2.26. The van der Waals surface area contributed by atoms with Crippen molar-refractivity contribution in [2.75, 3.05) is 30.4 Å². The molecule has 2 heterocycles. The standard InChI is InChI=1S/C20H29N5O2/c1-4-21-20-23-13(3)18(15-7-9-17(22-11-15)27-5-2)19(25-20)24-16-8-6-14(10-16)12-26/h7,9,11,14,16,26H,4-6,8,10,12H2,1-3H3,(H2,21,23,24,25)/t14-,16+/m1/s1. The van der Waals surface area contributed by atoms with E-state index in [1.165, 1.54) is 0 Å². The topological polar surface area (TPSA) is 92.2 Å². The van der Waals surface area contributed by atoms with Crippen molar-refractivity contribution >= 4 is 11.8 Å². The summed E-state index contributed by atoms with van der Waals surface area (Å²) in [6.07, 6.45) is 4.83. The van der Waals surface area contributed by atoms with E-state index in [4.69, 9.17) is 9.72 Å². The van der Waals surface area contributed by atoms with Crippen LogP contribution in [0.3, 0.4) is 0 Å². The Hall–Kier alpha value is -2.41. The third-order valence-corrected chi connectivity index (χ3v) is 4.88. The molecule has 0 spiro atoms. The van der Waals surface area contributed by atoms with Crippen LogP contribution in [0.2, 0.25) is 0 Å². The SMILES string of the molecule is CCNc1nc(C)c(-c2ccc(OCC)nc2)c(N[C@H]2CC[C@@H](CO)C2)n1. The van der Waals surface area contributed by atoms with E-state index in [9.17, 15) is 5.11 Å². The van der Waals surface area contributed by atoms with Crippen molar-refractivity contribution in [3.8, 4) is 17.0 Å². The molecule has 0 aliphatic heterocycles. The minimum atomic E-state index is 0.249. The average Bonchev–Trinajstić information content (AvgIpc) is 3.11. The molecule has 27 heavy (non-hydrogen) atoms. The van der Waals surface area contributed by atoms with E-state index < -0.39 is 0 Å². The number of aryl methyl sites for hydroxylation is 1. The molecular weight excluding hydrogens is 342 g/mol. The molecule has 146 valence electrons. The molecule has 0 unspecified atom stereocenters. The van der Waals surface area contributed by atoms with E-state index in [0.717, 1.165) is 48.4 Å². The second-order valence-corrected chi connectivity index (χ2v) is 6.91. The van der Waals surface area contributed by atoms with Gasteiger partial charge in [0.25, 0.3) is 0 Å². The highest BCUT2D eigenvalue weighted by atomic mass is 16.5. The number of hydrogen-bond donors (Lipinski definition) is 3. The van der Waals surface area contributed by atoms with Gasteiger partial charge in [-0.15, -0.1) is 0 Å². The Morgan fingerprint density at radius 3 is 2.70 bits per heavy atom. The van der Waals surface area contributed by atoms with Crippen molar-refractivity contribution in [1.29, 1.82) is 0 Å². The molecule has 0 saturated heterocycles. The number of ether oxygens (including phenoxy) is 1. The van der Waals surface area contributed by atoms with Gasteiger partial charge in [-0.2, -0.15) is 4.98 Å². The van der Waals surface area contributed by atoms with Gasteiger partial charge in [0.1, 0.15) is 5.82 Å². The lowest BCUT2D eigenvalue weighted by atomic mass is 10.1. The van der Waals surface area contributed by atoms with Crippen molar-refractivity contribution in [3.63, 3.8) is 0 Å². The van der Waals surface area contributed by atoms with Crippen LogP contribution in [-0.4, -0.2) is 45.9 Å². The number of aliphatic hydroxyl groups is 1. The van der Waals surface area contributed by atoms with Crippen LogP contribution in [0.15, 0.2) is 18.3 Å². The summed E-state index contributed by atoms with van der Waals surface area (Å²) in [6.45, 7) is 7.56. The Kier molecular flexibility index (Phi) is 6.45. The number of rotatable bonds is 8. The summed E-state index contributed by atoms with van der Waals surface area (Å²) >= 11 is 0. The number of aliphatic hydroxyl groups excluding tert-OH is 1. The van der Waals surface area contributed by atoms with E-state index in [-0.39, 0.29) is 6.61 Å². The molecule has 2 aromatic rings. The van der Waals surface area contributed by atoms with Crippen molar-refractivity contribution < 1.29 is 9.84 Å². The first-order chi connectivity index (χ1) is 13.1. The van der Waals surface area contributed by atoms with Gasteiger partial charge in [-0.3, -0.25) is 0 Å². The zero-order chi connectivity index (χ0) is 19.2. The maximum Gasteiger partial charge on any atom is 0.224 e. The molecule has 3 N–H and O–H groups in total. The van der Waals surface area contributed by atoms with Crippen molar-refractivity contribution in [2.24, 2.45) is 5.92 Å². The summed E-state index contributed by atoms with van der Waals surface area (Å²) in [5, 5.41) is 16.2. The van der Waals surface area contributed by atoms with Crippen LogP contribution < -0.4 is 15.4 Å². The summed E-state index contributed by atoms with van der Waals surface area (Å²) in [7, 11) is 0. The van der Waals surface area contributed by atoms with Gasteiger partial charge in [0, 0.05) is 42.6 Å². The molecule has 1 aliphatic carbocycles. The molecule has 7 heteroatoms. The fraction of sp³-hybridized carbons (Fsp3) is 0.550. The summed E-state index contributed by atoms with van der Waals surface area (Å²) in [5.41, 5.74) is 2.81. The predicted octanol–water partition coefficient (Wildman–Crippen LogP) is 3.25. The molecular formula is C20H29N5O2. The molecule has 7 nitrogen and oxygen atoms in total. The van der Waals surface area contributed by atoms with Gasteiger partial charge in [0.2, 0.25) is 11.8 Å². The number of hydrogen-bond acceptors (Lipinski definition) is 7. The Labute approximate surface area is 160 Å². The lowest BCUT2D eigenvalue weighted by Crippen LogP contribution is -2.19. The Morgan fingerprint density at radius 2 is 2.07 bits per heavy atom. The van der Waals surface area contributed by atoms with Gasteiger partial charge >= 0.3 is 0 Å². The number of aromatic nitrogens is 3. The molecule has 0 amide bonds. The smallest absolute Gasteiger partial charge is 0.224 e. The van der Waals surface area contributed by atoms with Crippen molar-refractivity contribution in [3.05, 3.63) is 24.0 Å². The largest absolute Gasteiger partial charge is 0.478 e. The molecule has 0 radical (unpaired) electrons. The maximum absolute atomic E-state index is 9.43. The van der Waals surface area contributed by atoms with E-state index >= 15 is 0 Å². The van der Waals surface area contributed by atoms with E-state index in [0.29, 0.717) is 30.4 Å². The molecule has 1 fully saturated rings. The number of nitrogens with one attached hydrogen (secondary N) is 2. The average molecular weight is 371 g/mol. The third-order valence-electron chi connectivity index (χ3n) is 4.88. The summed E-state index contributed by atoms with van der Waals surface area (Å²) in [5.74, 6) is 2.42. The number of nitrogens with zero attached hydrogens (tertiary/aromatic N) is 3. The van der Waals surface area contributed by atoms with Gasteiger partial charge in [0.15, 0.2) is 0 Å². The zero-order valence-corrected chi connectivity index (χ0v) is 16.3. The highest BCUT2D eigenvalue weighted by molar-refractivity contribution is 5.78. The molecule has 0 aromatic carbocycles. The van der Waals surface area contributed by atoms with E-state index in [1.807, 2.05) is 32.9 Å². The molecule has 1 saturated carbocycles. The van der Waals surface area contributed by atoms with E-state index in [1.54, 1.807) is 6.20 Å². The van der Waals surface area contributed by atoms with Gasteiger partial charge in [0.05, 0.1) is 12.3 Å². The minimum Gasteiger partial charge on any atom is -0.478 e. The quantitative estimate of drug-likeness (QED) is 0.656. The van der Waals surface area contributed by atoms with Gasteiger partial charge in [-0.1, -0.05) is 0 Å². The van der Waals surface area contributed by atoms with Crippen LogP contribution in [0.4, 0.5) is 11.8 Å². The second kappa shape index (κ2) is 8.99. The van der Waals surface area contributed by atoms with Crippen LogP contribution in [0, 0.1) is 12.8 Å². The monoisotopic (exact) mass is 371 g/mol. The van der Waals surface area contributed by atoms with Crippen LogP contribution >= 0.6 is 0 Å². The highest BCUT2D eigenvalue weighted by Crippen LogP contribution is 2.34. The lowest BCUT2D eigenvalue weighted by molar-refractivity contribution is 0.229. The lowest BCUT2D eigenvalue weighted by Gasteiger charge is -2.19. The van der Waals surface area contributed by atoms with Crippen molar-refractivity contribution in [2.45, 2.75) is 46.1 Å². The first-order valence-electron chi connectivity index (χ1n) is 9.73. The summed E-state index contributed by atoms with van der Waals surface area (Å²) in [4.78, 5) is 13.7. The first-order valence-corrected chi connectivity index (χ1v) is 9.73. The Bertz CT molecular complexity index is 751. The number of pyridine rings is 1. The third kappa shape index (κ3) is 4.66. The summed E-state index contributed by atoms with van der Waals surface area (Å²) < 4.78 is 5.45. The Balaban J connectivity index is 1.93. The molecule has 1 aliphatic rings. The van der Waals surface area contributed by atoms with Gasteiger partial charge in [-0.25, -0.2) is 9.97 Å². The van der Waals surface area contributed by atoms with E-state index in [2.05, 4.69) is 20.6 Å². The van der Waals surface area contributed by atoms with Crippen LogP contribution in [0.1, 0.15) is 38.8 Å². The molecule has 2 atom stereocenters. The van der Waals surface area contributed by atoms with Crippen LogP contribution in [0.25, 0.3) is 11.1 Å². The zero-order valence-electron chi connectivity index (χ0n) is 16.3. The van der Waals surface area contributed by atoms with Crippen LogP contribution in [-0.2, 0) is 0 Å². The molecule has 3 rings (SSSR count). The minimum absolute atomic E-state index is 0.249. The molecule has 0 bridgehead atoms. The Morgan fingerprint density at radius 1 is 1.22 bits per heavy atom. The van der Waals surface area contributed by atoms with Crippen molar-refractivity contribution in [1.82, 2.24) is 15.0 Å². The normalized spacial score (nSPS) is 19.1. The maximum atomic E-state index is 9.43. The number of anilines is 2. The van der Waals surface area contributed by atoms with Gasteiger partial charge in [-0.05, 0) is 52.0 Å². The molecule has 2 aromatic heterocycles. The summed E-state index contributed by atoms with van der Waals surface area (Å²) in [6, 6.07) is 4.17. The fourth-order valence-electron chi connectivity index (χ4n) is 3.59. The fourth-order valence-corrected chi connectivity index (χ4v) is 3.59.